The number of amides is 1. The lowest BCUT2D eigenvalue weighted by molar-refractivity contribution is -0.121. The van der Waals surface area contributed by atoms with Crippen molar-refractivity contribution in [3.8, 4) is 0 Å². The molecule has 1 N–H and O–H groups in total. The molecule has 0 atom stereocenters. The summed E-state index contributed by atoms with van der Waals surface area (Å²) in [5, 5.41) is 5.54. The van der Waals surface area contributed by atoms with E-state index in [-0.39, 0.29) is 11.9 Å². The molecule has 0 aliphatic rings. The summed E-state index contributed by atoms with van der Waals surface area (Å²) in [6.45, 7) is 4.69. The molecule has 0 saturated heterocycles. The van der Waals surface area contributed by atoms with E-state index < -0.39 is 8.07 Å². The Morgan fingerprint density at radius 2 is 1.38 bits per heavy atom. The minimum atomic E-state index is -1.66. The zero-order valence-electron chi connectivity index (χ0n) is 17.1. The molecule has 1 amide bonds. The van der Waals surface area contributed by atoms with Gasteiger partial charge >= 0.3 is 0 Å². The van der Waals surface area contributed by atoms with Gasteiger partial charge in [-0.15, -0.1) is 0 Å². The fourth-order valence-electron chi connectivity index (χ4n) is 3.50. The SMILES string of the molecule is C[Si](C)(CCC(=O)NC(c1ccccc1)c1ccccc1)c1ccc(CBr)cc1. The van der Waals surface area contributed by atoms with Gasteiger partial charge < -0.3 is 5.32 Å². The Kier molecular flexibility index (Phi) is 7.45. The molecule has 0 saturated carbocycles. The van der Waals surface area contributed by atoms with E-state index in [1.165, 1.54) is 10.8 Å². The first-order valence-corrected chi connectivity index (χ1v) is 14.4. The zero-order chi connectivity index (χ0) is 20.7. The number of hydrogen-bond acceptors (Lipinski definition) is 1. The summed E-state index contributed by atoms with van der Waals surface area (Å²) < 4.78 is 0. The van der Waals surface area contributed by atoms with Crippen LogP contribution in [0.5, 0.6) is 0 Å². The van der Waals surface area contributed by atoms with Gasteiger partial charge in [-0.1, -0.05) is 119 Å². The Balaban J connectivity index is 1.68. The molecule has 4 heteroatoms. The van der Waals surface area contributed by atoms with Crippen LogP contribution in [0.4, 0.5) is 0 Å². The van der Waals surface area contributed by atoms with Crippen LogP contribution in [0.25, 0.3) is 0 Å². The van der Waals surface area contributed by atoms with Crippen molar-refractivity contribution in [1.82, 2.24) is 5.32 Å². The Bertz CT molecular complexity index is 871. The van der Waals surface area contributed by atoms with Gasteiger partial charge in [-0.25, -0.2) is 0 Å². The Hall–Kier alpha value is -2.17. The molecule has 0 spiro atoms. The van der Waals surface area contributed by atoms with E-state index in [9.17, 15) is 4.79 Å². The third-order valence-corrected chi connectivity index (χ3v) is 9.48. The van der Waals surface area contributed by atoms with E-state index in [4.69, 9.17) is 0 Å². The van der Waals surface area contributed by atoms with Gasteiger partial charge in [-0.05, 0) is 22.7 Å². The topological polar surface area (TPSA) is 29.1 Å². The van der Waals surface area contributed by atoms with E-state index in [0.29, 0.717) is 6.42 Å². The van der Waals surface area contributed by atoms with Crippen LogP contribution in [0, 0.1) is 0 Å². The lowest BCUT2D eigenvalue weighted by Crippen LogP contribution is -2.42. The maximum absolute atomic E-state index is 12.9. The third-order valence-electron chi connectivity index (χ3n) is 5.44. The molecular weight excluding hydrogens is 438 g/mol. The van der Waals surface area contributed by atoms with E-state index in [1.54, 1.807) is 0 Å². The summed E-state index contributed by atoms with van der Waals surface area (Å²) in [5.41, 5.74) is 3.49. The molecule has 2 nitrogen and oxygen atoms in total. The molecule has 150 valence electrons. The predicted octanol–water partition coefficient (Wildman–Crippen LogP) is 5.79. The number of nitrogens with one attached hydrogen (secondary N) is 1. The molecule has 3 aromatic carbocycles. The highest BCUT2D eigenvalue weighted by Gasteiger charge is 2.25. The molecule has 0 unspecified atom stereocenters. The van der Waals surface area contributed by atoms with Gasteiger partial charge in [-0.3, -0.25) is 4.79 Å². The van der Waals surface area contributed by atoms with Crippen molar-refractivity contribution in [3.63, 3.8) is 0 Å². The van der Waals surface area contributed by atoms with Gasteiger partial charge in [0.2, 0.25) is 5.91 Å². The molecule has 0 bridgehead atoms. The van der Waals surface area contributed by atoms with E-state index >= 15 is 0 Å². The summed E-state index contributed by atoms with van der Waals surface area (Å²) in [4.78, 5) is 12.9. The van der Waals surface area contributed by atoms with E-state index in [2.05, 4.69) is 82.9 Å². The fourth-order valence-corrected chi connectivity index (χ4v) is 6.08. The Morgan fingerprint density at radius 3 is 1.86 bits per heavy atom. The summed E-state index contributed by atoms with van der Waals surface area (Å²) >= 11 is 3.50. The van der Waals surface area contributed by atoms with E-state index in [0.717, 1.165) is 22.5 Å². The van der Waals surface area contributed by atoms with Crippen LogP contribution in [0.1, 0.15) is 29.2 Å². The average molecular weight is 466 g/mol. The van der Waals surface area contributed by atoms with Gasteiger partial charge in [0.15, 0.2) is 0 Å². The summed E-state index contributed by atoms with van der Waals surface area (Å²) in [6.07, 6.45) is 0.551. The Labute approximate surface area is 183 Å². The number of rotatable bonds is 8. The van der Waals surface area contributed by atoms with Crippen LogP contribution in [0.2, 0.25) is 19.1 Å². The summed E-state index contributed by atoms with van der Waals surface area (Å²) in [5.74, 6) is 0.111. The third kappa shape index (κ3) is 5.91. The zero-order valence-corrected chi connectivity index (χ0v) is 19.7. The smallest absolute Gasteiger partial charge is 0.220 e. The second-order valence-corrected chi connectivity index (χ2v) is 13.4. The van der Waals surface area contributed by atoms with Crippen LogP contribution in [0.3, 0.4) is 0 Å². The lowest BCUT2D eigenvalue weighted by Gasteiger charge is -2.24. The highest BCUT2D eigenvalue weighted by Crippen LogP contribution is 2.22. The standard InChI is InChI=1S/C25H28BrNOSi/c1-29(2,23-15-13-20(19-26)14-16-23)18-17-24(28)27-25(21-9-5-3-6-10-21)22-11-7-4-8-12-22/h3-16,25H,17-19H2,1-2H3,(H,27,28). The van der Waals surface area contributed by atoms with Gasteiger partial charge in [0.25, 0.3) is 0 Å². The fraction of sp³-hybridized carbons (Fsp3) is 0.240. The quantitative estimate of drug-likeness (QED) is 0.330. The molecule has 0 aliphatic heterocycles. The minimum Gasteiger partial charge on any atom is -0.345 e. The maximum atomic E-state index is 12.9. The lowest BCUT2D eigenvalue weighted by atomic mass is 9.98. The van der Waals surface area contributed by atoms with Gasteiger partial charge in [0, 0.05) is 11.8 Å². The number of halogens is 1. The monoisotopic (exact) mass is 465 g/mol. The average Bonchev–Trinajstić information content (AvgIpc) is 2.77. The van der Waals surface area contributed by atoms with Crippen molar-refractivity contribution in [2.24, 2.45) is 0 Å². The molecule has 0 aliphatic carbocycles. The summed E-state index contributed by atoms with van der Waals surface area (Å²) in [6, 6.07) is 30.0. The number of carbonyl (C=O) groups excluding carboxylic acids is 1. The van der Waals surface area contributed by atoms with Crippen molar-refractivity contribution in [2.75, 3.05) is 0 Å². The van der Waals surface area contributed by atoms with Crippen LogP contribution in [-0.4, -0.2) is 14.0 Å². The van der Waals surface area contributed by atoms with Gasteiger partial charge in [0.1, 0.15) is 0 Å². The number of carbonyl (C=O) groups is 1. The molecule has 3 aromatic rings. The molecule has 0 fully saturated rings. The van der Waals surface area contributed by atoms with Crippen LogP contribution in [-0.2, 0) is 10.1 Å². The van der Waals surface area contributed by atoms with Gasteiger partial charge in [-0.2, -0.15) is 0 Å². The van der Waals surface area contributed by atoms with Crippen LogP contribution < -0.4 is 10.5 Å². The minimum absolute atomic E-state index is 0.111. The first-order chi connectivity index (χ1) is 14.0. The first-order valence-electron chi connectivity index (χ1n) is 10.0. The largest absolute Gasteiger partial charge is 0.345 e. The van der Waals surface area contributed by atoms with Crippen molar-refractivity contribution in [1.29, 1.82) is 0 Å². The molecule has 0 heterocycles. The van der Waals surface area contributed by atoms with Crippen molar-refractivity contribution in [3.05, 3.63) is 102 Å². The molecular formula is C25H28BrNOSi. The molecule has 29 heavy (non-hydrogen) atoms. The second-order valence-electron chi connectivity index (χ2n) is 8.04. The van der Waals surface area contributed by atoms with Crippen molar-refractivity contribution >= 4 is 35.1 Å². The maximum Gasteiger partial charge on any atom is 0.220 e. The van der Waals surface area contributed by atoms with E-state index in [1.807, 2.05) is 36.4 Å². The number of benzene rings is 3. The summed E-state index contributed by atoms with van der Waals surface area (Å²) in [7, 11) is -1.66. The number of hydrogen-bond donors (Lipinski definition) is 1. The molecule has 0 radical (unpaired) electrons. The first kappa shape index (κ1) is 21.5. The highest BCUT2D eigenvalue weighted by molar-refractivity contribution is 9.08. The van der Waals surface area contributed by atoms with Gasteiger partial charge in [0.05, 0.1) is 14.1 Å². The molecule has 0 aromatic heterocycles. The predicted molar refractivity (Wildman–Crippen MR) is 128 cm³/mol. The van der Waals surface area contributed by atoms with Crippen LogP contribution >= 0.6 is 15.9 Å². The highest BCUT2D eigenvalue weighted by atomic mass is 79.9. The van der Waals surface area contributed by atoms with Crippen LogP contribution in [0.15, 0.2) is 84.9 Å². The Morgan fingerprint density at radius 1 is 0.862 bits per heavy atom. The second kappa shape index (κ2) is 10.0. The number of alkyl halides is 1. The van der Waals surface area contributed by atoms with Crippen molar-refractivity contribution in [2.45, 2.75) is 36.9 Å². The molecule has 3 rings (SSSR count). The van der Waals surface area contributed by atoms with Crippen molar-refractivity contribution < 1.29 is 4.79 Å². The normalized spacial score (nSPS) is 11.4.